The Balaban J connectivity index is 1.81. The summed E-state index contributed by atoms with van der Waals surface area (Å²) in [5.74, 6) is -2.02. The Hall–Kier alpha value is -2.06. The number of carbonyl (C=O) groups excluding carboxylic acids is 2. The molecule has 7 nitrogen and oxygen atoms in total. The second-order valence-electron chi connectivity index (χ2n) is 5.40. The molecule has 2 saturated heterocycles. The summed E-state index contributed by atoms with van der Waals surface area (Å²) < 4.78 is 6.05. The van der Waals surface area contributed by atoms with E-state index >= 15 is 0 Å². The third kappa shape index (κ3) is 1.65. The Bertz CT molecular complexity index is 732. The number of rotatable bonds is 2. The molecule has 0 saturated carbocycles. The van der Waals surface area contributed by atoms with Gasteiger partial charge in [-0.1, -0.05) is 28.1 Å². The van der Waals surface area contributed by atoms with E-state index in [4.69, 9.17) is 4.74 Å². The zero-order chi connectivity index (χ0) is 15.6. The summed E-state index contributed by atoms with van der Waals surface area (Å²) in [5, 5.41) is 11.2. The van der Waals surface area contributed by atoms with Gasteiger partial charge in [-0.15, -0.1) is 0 Å². The van der Waals surface area contributed by atoms with E-state index in [2.05, 4.69) is 15.9 Å². The molecule has 0 unspecified atom stereocenters. The quantitative estimate of drug-likeness (QED) is 0.345. The maximum atomic E-state index is 12.6. The predicted octanol–water partition coefficient (Wildman–Crippen LogP) is 1.80. The van der Waals surface area contributed by atoms with E-state index in [-0.39, 0.29) is 11.4 Å². The fourth-order valence-corrected chi connectivity index (χ4v) is 3.72. The number of anilines is 1. The molecule has 1 aromatic carbocycles. The Morgan fingerprint density at radius 3 is 2.27 bits per heavy atom. The fraction of sp³-hybridized carbons (Fsp3) is 0.286. The van der Waals surface area contributed by atoms with E-state index in [1.807, 2.05) is 0 Å². The molecule has 112 valence electrons. The highest BCUT2D eigenvalue weighted by Gasteiger charge is 2.61. The van der Waals surface area contributed by atoms with Crippen molar-refractivity contribution in [3.8, 4) is 0 Å². The number of fused-ring (bicyclic) bond motifs is 5. The summed E-state index contributed by atoms with van der Waals surface area (Å²) in [6, 6.07) is 4.27. The summed E-state index contributed by atoms with van der Waals surface area (Å²) in [5.41, 5.74) is -0.269. The van der Waals surface area contributed by atoms with Crippen molar-refractivity contribution in [3.63, 3.8) is 0 Å². The number of halogens is 1. The van der Waals surface area contributed by atoms with Crippen molar-refractivity contribution in [3.05, 3.63) is 44.9 Å². The van der Waals surface area contributed by atoms with Gasteiger partial charge in [0, 0.05) is 10.5 Å². The van der Waals surface area contributed by atoms with Crippen molar-refractivity contribution in [1.29, 1.82) is 0 Å². The van der Waals surface area contributed by atoms with Crippen LogP contribution in [-0.2, 0) is 14.3 Å². The normalized spacial score (nSPS) is 32.0. The van der Waals surface area contributed by atoms with Gasteiger partial charge in [0.25, 0.3) is 5.69 Å². The second-order valence-corrected chi connectivity index (χ2v) is 6.32. The Kier molecular flexibility index (Phi) is 2.76. The molecule has 0 N–H and O–H groups in total. The highest BCUT2D eigenvalue weighted by Crippen LogP contribution is 2.47. The number of amides is 2. The van der Waals surface area contributed by atoms with Gasteiger partial charge in [-0.2, -0.15) is 0 Å². The topological polar surface area (TPSA) is 89.8 Å². The van der Waals surface area contributed by atoms with Gasteiger partial charge in [0.2, 0.25) is 11.8 Å². The molecule has 3 aliphatic rings. The maximum absolute atomic E-state index is 12.6. The number of imide groups is 1. The number of hydrogen-bond donors (Lipinski definition) is 0. The first-order valence-corrected chi connectivity index (χ1v) is 7.44. The predicted molar refractivity (Wildman–Crippen MR) is 78.1 cm³/mol. The lowest BCUT2D eigenvalue weighted by molar-refractivity contribution is -0.384. The summed E-state index contributed by atoms with van der Waals surface area (Å²) in [6.45, 7) is 0. The molecule has 4 rings (SSSR count). The number of benzene rings is 1. The van der Waals surface area contributed by atoms with Crippen LogP contribution in [0.4, 0.5) is 11.4 Å². The summed E-state index contributed by atoms with van der Waals surface area (Å²) in [4.78, 5) is 36.8. The van der Waals surface area contributed by atoms with Gasteiger partial charge in [0.05, 0.1) is 29.0 Å². The van der Waals surface area contributed by atoms with Gasteiger partial charge in [0.15, 0.2) is 0 Å². The molecule has 0 radical (unpaired) electrons. The number of nitro groups is 1. The molecular formula is C14H9BrN2O5. The lowest BCUT2D eigenvalue weighted by Crippen LogP contribution is -2.34. The van der Waals surface area contributed by atoms with Gasteiger partial charge in [-0.05, 0) is 12.1 Å². The second kappa shape index (κ2) is 4.47. The van der Waals surface area contributed by atoms with E-state index in [1.165, 1.54) is 12.1 Å². The SMILES string of the molecule is O=C1[C@@H]2[C@H](C(=O)N1c1ccc(Br)cc1[N+](=O)[O-])[C@H]1C=C[C@@H]2O1. The van der Waals surface area contributed by atoms with Crippen LogP contribution in [0, 0.1) is 22.0 Å². The highest BCUT2D eigenvalue weighted by atomic mass is 79.9. The monoisotopic (exact) mass is 364 g/mol. The minimum atomic E-state index is -0.599. The smallest absolute Gasteiger partial charge is 0.294 e. The maximum Gasteiger partial charge on any atom is 0.294 e. The minimum Gasteiger partial charge on any atom is -0.365 e. The third-order valence-electron chi connectivity index (χ3n) is 4.29. The molecule has 22 heavy (non-hydrogen) atoms. The minimum absolute atomic E-state index is 0.0111. The Morgan fingerprint density at radius 1 is 1.14 bits per heavy atom. The van der Waals surface area contributed by atoms with Crippen molar-refractivity contribution >= 4 is 39.1 Å². The van der Waals surface area contributed by atoms with Crippen LogP contribution in [0.2, 0.25) is 0 Å². The van der Waals surface area contributed by atoms with Crippen LogP contribution < -0.4 is 4.90 Å². The molecule has 1 aromatic rings. The number of hydrogen-bond acceptors (Lipinski definition) is 5. The molecule has 3 aliphatic heterocycles. The molecule has 2 bridgehead atoms. The van der Waals surface area contributed by atoms with Gasteiger partial charge in [0.1, 0.15) is 5.69 Å². The van der Waals surface area contributed by atoms with Crippen LogP contribution in [0.1, 0.15) is 0 Å². The standard InChI is InChI=1S/C14H9BrN2O5/c15-6-1-2-7(8(5-6)17(20)21)16-13(18)11-9-3-4-10(22-9)12(11)14(16)19/h1-5,9-12H/t9-,10+,11-,12+. The van der Waals surface area contributed by atoms with E-state index in [1.54, 1.807) is 18.2 Å². The first-order valence-electron chi connectivity index (χ1n) is 6.64. The van der Waals surface area contributed by atoms with Crippen molar-refractivity contribution in [2.75, 3.05) is 4.90 Å². The van der Waals surface area contributed by atoms with Gasteiger partial charge in [-0.25, -0.2) is 4.90 Å². The van der Waals surface area contributed by atoms with E-state index in [9.17, 15) is 19.7 Å². The van der Waals surface area contributed by atoms with Crippen molar-refractivity contribution < 1.29 is 19.2 Å². The number of ether oxygens (including phenoxy) is 1. The number of carbonyl (C=O) groups is 2. The Morgan fingerprint density at radius 2 is 1.73 bits per heavy atom. The largest absolute Gasteiger partial charge is 0.365 e. The van der Waals surface area contributed by atoms with Gasteiger partial charge in [-0.3, -0.25) is 19.7 Å². The Labute approximate surface area is 132 Å². The average Bonchev–Trinajstić information content (AvgIpc) is 3.14. The van der Waals surface area contributed by atoms with E-state index in [0.29, 0.717) is 4.47 Å². The molecule has 4 atom stereocenters. The van der Waals surface area contributed by atoms with Crippen molar-refractivity contribution in [2.24, 2.45) is 11.8 Å². The first-order chi connectivity index (χ1) is 10.5. The van der Waals surface area contributed by atoms with Crippen molar-refractivity contribution in [2.45, 2.75) is 12.2 Å². The molecule has 3 heterocycles. The van der Waals surface area contributed by atoms with Crippen LogP contribution >= 0.6 is 15.9 Å². The number of nitrogens with zero attached hydrogens (tertiary/aromatic N) is 2. The summed E-state index contributed by atoms with van der Waals surface area (Å²) >= 11 is 3.16. The lowest BCUT2D eigenvalue weighted by Gasteiger charge is -2.17. The molecule has 0 aromatic heterocycles. The molecular weight excluding hydrogens is 356 g/mol. The fourth-order valence-electron chi connectivity index (χ4n) is 3.37. The van der Waals surface area contributed by atoms with Crippen LogP contribution in [-0.4, -0.2) is 28.9 Å². The summed E-state index contributed by atoms with van der Waals surface area (Å²) in [6.07, 6.45) is 2.73. The van der Waals surface area contributed by atoms with Crippen LogP contribution in [0.5, 0.6) is 0 Å². The molecule has 2 amide bonds. The van der Waals surface area contributed by atoms with Crippen LogP contribution in [0.3, 0.4) is 0 Å². The molecule has 0 spiro atoms. The average molecular weight is 365 g/mol. The first kappa shape index (κ1) is 13.6. The van der Waals surface area contributed by atoms with Crippen LogP contribution in [0.25, 0.3) is 0 Å². The highest BCUT2D eigenvalue weighted by molar-refractivity contribution is 9.10. The number of nitro benzene ring substituents is 1. The van der Waals surface area contributed by atoms with E-state index in [0.717, 1.165) is 4.90 Å². The van der Waals surface area contributed by atoms with Crippen molar-refractivity contribution in [1.82, 2.24) is 0 Å². The zero-order valence-corrected chi connectivity index (χ0v) is 12.6. The molecule has 8 heteroatoms. The lowest BCUT2D eigenvalue weighted by atomic mass is 9.85. The summed E-state index contributed by atoms with van der Waals surface area (Å²) in [7, 11) is 0. The van der Waals surface area contributed by atoms with Gasteiger partial charge < -0.3 is 4.74 Å². The zero-order valence-electron chi connectivity index (χ0n) is 11.0. The third-order valence-corrected chi connectivity index (χ3v) is 4.78. The van der Waals surface area contributed by atoms with Crippen LogP contribution in [0.15, 0.2) is 34.8 Å². The van der Waals surface area contributed by atoms with Gasteiger partial charge >= 0.3 is 0 Å². The molecule has 2 fully saturated rings. The molecule has 0 aliphatic carbocycles. The van der Waals surface area contributed by atoms with E-state index < -0.39 is 40.8 Å².